The van der Waals surface area contributed by atoms with Gasteiger partial charge in [0.2, 0.25) is 0 Å². The smallest absolute Gasteiger partial charge is 0.273 e. The van der Waals surface area contributed by atoms with Gasteiger partial charge in [0.15, 0.2) is 0 Å². The Morgan fingerprint density at radius 2 is 2.29 bits per heavy atom. The average Bonchev–Trinajstić information content (AvgIpc) is 2.85. The van der Waals surface area contributed by atoms with Crippen LogP contribution in [0.2, 0.25) is 0 Å². The van der Waals surface area contributed by atoms with E-state index in [0.717, 1.165) is 31.7 Å². The molecule has 2 fully saturated rings. The third-order valence-electron chi connectivity index (χ3n) is 4.13. The van der Waals surface area contributed by atoms with E-state index >= 15 is 0 Å². The van der Waals surface area contributed by atoms with Gasteiger partial charge in [-0.25, -0.2) is 0 Å². The average molecular weight is 292 g/mol. The van der Waals surface area contributed by atoms with Crippen LogP contribution < -0.4 is 0 Å². The minimum atomic E-state index is -0.312. The van der Waals surface area contributed by atoms with Crippen LogP contribution in [-0.4, -0.2) is 47.8 Å². The van der Waals surface area contributed by atoms with Crippen LogP contribution in [-0.2, 0) is 16.0 Å². The van der Waals surface area contributed by atoms with E-state index < -0.39 is 0 Å². The molecule has 0 radical (unpaired) electrons. The zero-order chi connectivity index (χ0) is 14.9. The summed E-state index contributed by atoms with van der Waals surface area (Å²) in [7, 11) is 0. The third kappa shape index (κ3) is 3.07. The predicted octanol–water partition coefficient (Wildman–Crippen LogP) is 1.97. The molecule has 0 unspecified atom stereocenters. The van der Waals surface area contributed by atoms with Crippen molar-refractivity contribution in [3.8, 4) is 0 Å². The van der Waals surface area contributed by atoms with Crippen molar-refractivity contribution in [2.45, 2.75) is 31.6 Å². The second kappa shape index (κ2) is 5.71. The largest absolute Gasteiger partial charge is 0.378 e. The Bertz CT molecular complexity index is 528. The van der Waals surface area contributed by atoms with Crippen molar-refractivity contribution in [3.05, 3.63) is 39.9 Å². The van der Waals surface area contributed by atoms with Gasteiger partial charge < -0.3 is 9.47 Å². The lowest BCUT2D eigenvalue weighted by atomic mass is 9.98. The standard InChI is InChI=1S/C15H20N2O4/c1-12-8-16(10-15(21-12)6-7-20-11-15)9-13-4-2-3-5-14(13)17(18)19/h2-5,12H,6-11H2,1H3/t12-,15-/m0/s1. The first kappa shape index (κ1) is 14.4. The summed E-state index contributed by atoms with van der Waals surface area (Å²) in [6.45, 7) is 5.52. The molecule has 1 aromatic carbocycles. The highest BCUT2D eigenvalue weighted by atomic mass is 16.6. The Hall–Kier alpha value is -1.50. The van der Waals surface area contributed by atoms with E-state index in [-0.39, 0.29) is 22.3 Å². The molecule has 2 aliphatic rings. The molecule has 1 aromatic rings. The summed E-state index contributed by atoms with van der Waals surface area (Å²) in [6.07, 6.45) is 1.01. The molecule has 114 valence electrons. The van der Waals surface area contributed by atoms with Crippen LogP contribution in [0.5, 0.6) is 0 Å². The molecule has 2 heterocycles. The summed E-state index contributed by atoms with van der Waals surface area (Å²) in [5.74, 6) is 0. The van der Waals surface area contributed by atoms with Crippen molar-refractivity contribution in [2.24, 2.45) is 0 Å². The highest BCUT2D eigenvalue weighted by molar-refractivity contribution is 5.39. The molecule has 6 nitrogen and oxygen atoms in total. The fraction of sp³-hybridized carbons (Fsp3) is 0.600. The summed E-state index contributed by atoms with van der Waals surface area (Å²) in [5, 5.41) is 11.1. The van der Waals surface area contributed by atoms with Crippen molar-refractivity contribution in [1.29, 1.82) is 0 Å². The van der Waals surface area contributed by atoms with Crippen LogP contribution in [0.4, 0.5) is 5.69 Å². The van der Waals surface area contributed by atoms with E-state index in [1.165, 1.54) is 0 Å². The van der Waals surface area contributed by atoms with Crippen LogP contribution in [0.15, 0.2) is 24.3 Å². The minimum Gasteiger partial charge on any atom is -0.378 e. The summed E-state index contributed by atoms with van der Waals surface area (Å²) < 4.78 is 11.6. The topological polar surface area (TPSA) is 64.8 Å². The molecule has 3 rings (SSSR count). The molecule has 2 aliphatic heterocycles. The SMILES string of the molecule is C[C@H]1CN(Cc2ccccc2[N+](=O)[O-])C[C@]2(CCOC2)O1. The number of rotatable bonds is 3. The second-order valence-electron chi connectivity index (χ2n) is 5.97. The van der Waals surface area contributed by atoms with E-state index in [1.54, 1.807) is 12.1 Å². The Balaban J connectivity index is 1.77. The van der Waals surface area contributed by atoms with Crippen molar-refractivity contribution in [3.63, 3.8) is 0 Å². The Kier molecular flexibility index (Phi) is 3.93. The van der Waals surface area contributed by atoms with E-state index in [9.17, 15) is 10.1 Å². The number of benzene rings is 1. The minimum absolute atomic E-state index is 0.114. The molecule has 6 heteroatoms. The van der Waals surface area contributed by atoms with Crippen LogP contribution in [0, 0.1) is 10.1 Å². The number of hydrogen-bond acceptors (Lipinski definition) is 5. The fourth-order valence-electron chi connectivity index (χ4n) is 3.33. The Morgan fingerprint density at radius 3 is 3.00 bits per heavy atom. The number of nitrogens with zero attached hydrogens (tertiary/aromatic N) is 2. The highest BCUT2D eigenvalue weighted by Gasteiger charge is 2.42. The molecule has 0 aliphatic carbocycles. The third-order valence-corrected chi connectivity index (χ3v) is 4.13. The molecule has 0 amide bonds. The summed E-state index contributed by atoms with van der Waals surface area (Å²) in [5.41, 5.74) is 0.709. The Labute approximate surface area is 123 Å². The number of hydrogen-bond donors (Lipinski definition) is 0. The van der Waals surface area contributed by atoms with E-state index in [4.69, 9.17) is 9.47 Å². The first-order chi connectivity index (χ1) is 10.1. The predicted molar refractivity (Wildman–Crippen MR) is 77.1 cm³/mol. The zero-order valence-corrected chi connectivity index (χ0v) is 12.2. The zero-order valence-electron chi connectivity index (χ0n) is 12.2. The number of morpholine rings is 1. The van der Waals surface area contributed by atoms with Gasteiger partial charge >= 0.3 is 0 Å². The Morgan fingerprint density at radius 1 is 1.48 bits per heavy atom. The van der Waals surface area contributed by atoms with Gasteiger partial charge in [-0.15, -0.1) is 0 Å². The number of nitro benzene ring substituents is 1. The van der Waals surface area contributed by atoms with Gasteiger partial charge in [-0.05, 0) is 6.92 Å². The number of nitro groups is 1. The van der Waals surface area contributed by atoms with Crippen molar-refractivity contribution in [2.75, 3.05) is 26.3 Å². The van der Waals surface area contributed by atoms with E-state index in [0.29, 0.717) is 13.2 Å². The van der Waals surface area contributed by atoms with Crippen LogP contribution in [0.25, 0.3) is 0 Å². The van der Waals surface area contributed by atoms with E-state index in [2.05, 4.69) is 4.90 Å². The van der Waals surface area contributed by atoms with Gasteiger partial charge in [0.25, 0.3) is 5.69 Å². The molecule has 2 saturated heterocycles. The molecule has 0 saturated carbocycles. The van der Waals surface area contributed by atoms with Crippen molar-refractivity contribution < 1.29 is 14.4 Å². The lowest BCUT2D eigenvalue weighted by Gasteiger charge is -2.42. The monoisotopic (exact) mass is 292 g/mol. The molecule has 21 heavy (non-hydrogen) atoms. The fourth-order valence-corrected chi connectivity index (χ4v) is 3.33. The van der Waals surface area contributed by atoms with Crippen LogP contribution in [0.3, 0.4) is 0 Å². The maximum atomic E-state index is 11.1. The maximum Gasteiger partial charge on any atom is 0.273 e. The van der Waals surface area contributed by atoms with Gasteiger partial charge in [-0.2, -0.15) is 0 Å². The van der Waals surface area contributed by atoms with Gasteiger partial charge in [0.1, 0.15) is 5.60 Å². The first-order valence-corrected chi connectivity index (χ1v) is 7.28. The lowest BCUT2D eigenvalue weighted by molar-refractivity contribution is -0.385. The van der Waals surface area contributed by atoms with Gasteiger partial charge in [0.05, 0.1) is 17.6 Å². The van der Waals surface area contributed by atoms with Crippen LogP contribution in [0.1, 0.15) is 18.9 Å². The van der Waals surface area contributed by atoms with E-state index in [1.807, 2.05) is 19.1 Å². The maximum absolute atomic E-state index is 11.1. The summed E-state index contributed by atoms with van der Waals surface area (Å²) in [6, 6.07) is 6.94. The highest BCUT2D eigenvalue weighted by Crippen LogP contribution is 2.31. The normalized spacial score (nSPS) is 29.9. The lowest BCUT2D eigenvalue weighted by Crippen LogP contribution is -2.55. The van der Waals surface area contributed by atoms with Gasteiger partial charge in [-0.1, -0.05) is 18.2 Å². The molecule has 0 aromatic heterocycles. The summed E-state index contributed by atoms with van der Waals surface area (Å²) in [4.78, 5) is 13.0. The number of ether oxygens (including phenoxy) is 2. The molecular weight excluding hydrogens is 272 g/mol. The van der Waals surface area contributed by atoms with Crippen molar-refractivity contribution in [1.82, 2.24) is 4.90 Å². The molecule has 0 bridgehead atoms. The van der Waals surface area contributed by atoms with Gasteiger partial charge in [-0.3, -0.25) is 15.0 Å². The first-order valence-electron chi connectivity index (χ1n) is 7.28. The quantitative estimate of drug-likeness (QED) is 0.629. The van der Waals surface area contributed by atoms with Crippen LogP contribution >= 0.6 is 0 Å². The number of para-hydroxylation sites is 1. The molecule has 0 N–H and O–H groups in total. The van der Waals surface area contributed by atoms with Gasteiger partial charge in [0, 0.05) is 44.3 Å². The van der Waals surface area contributed by atoms with Crippen molar-refractivity contribution >= 4 is 5.69 Å². The molecular formula is C15H20N2O4. The molecule has 2 atom stereocenters. The molecule has 1 spiro atoms. The summed E-state index contributed by atoms with van der Waals surface area (Å²) >= 11 is 0. The second-order valence-corrected chi connectivity index (χ2v) is 5.97.